The van der Waals surface area contributed by atoms with E-state index >= 15 is 0 Å². The Morgan fingerprint density at radius 3 is 2.61 bits per heavy atom. The number of hydrogen-bond acceptors (Lipinski definition) is 2. The predicted octanol–water partition coefficient (Wildman–Crippen LogP) is 3.30. The molecule has 0 bridgehead atoms. The summed E-state index contributed by atoms with van der Waals surface area (Å²) in [6.45, 7) is 1.96. The molecule has 1 aliphatic carbocycles. The van der Waals surface area contributed by atoms with Crippen molar-refractivity contribution >= 4 is 0 Å². The van der Waals surface area contributed by atoms with Crippen LogP contribution in [0.4, 0.5) is 0 Å². The number of ether oxygens (including phenoxy) is 1. The van der Waals surface area contributed by atoms with Crippen molar-refractivity contribution in [3.63, 3.8) is 0 Å². The second-order valence-corrected chi connectivity index (χ2v) is 5.62. The zero-order valence-corrected chi connectivity index (χ0v) is 11.0. The van der Waals surface area contributed by atoms with Crippen LogP contribution < -0.4 is 5.32 Å². The molecule has 1 aliphatic heterocycles. The van der Waals surface area contributed by atoms with Gasteiger partial charge in [-0.1, -0.05) is 30.3 Å². The first-order valence-electron chi connectivity index (χ1n) is 7.33. The number of benzene rings is 1. The van der Waals surface area contributed by atoms with Gasteiger partial charge in [0.1, 0.15) is 0 Å². The van der Waals surface area contributed by atoms with Crippen LogP contribution in [-0.2, 0) is 4.74 Å². The van der Waals surface area contributed by atoms with E-state index in [1.54, 1.807) is 0 Å². The van der Waals surface area contributed by atoms with Gasteiger partial charge in [0.25, 0.3) is 0 Å². The van der Waals surface area contributed by atoms with Gasteiger partial charge >= 0.3 is 0 Å². The van der Waals surface area contributed by atoms with Gasteiger partial charge < -0.3 is 10.1 Å². The molecule has 0 aromatic heterocycles. The van der Waals surface area contributed by atoms with E-state index in [9.17, 15) is 0 Å². The van der Waals surface area contributed by atoms with Gasteiger partial charge in [0.15, 0.2) is 0 Å². The van der Waals surface area contributed by atoms with Crippen LogP contribution in [0.2, 0.25) is 0 Å². The summed E-state index contributed by atoms with van der Waals surface area (Å²) in [7, 11) is 0. The van der Waals surface area contributed by atoms with Crippen molar-refractivity contribution in [1.29, 1.82) is 0 Å². The van der Waals surface area contributed by atoms with Crippen LogP contribution in [0.25, 0.3) is 0 Å². The van der Waals surface area contributed by atoms with E-state index in [0.29, 0.717) is 12.1 Å². The van der Waals surface area contributed by atoms with Crippen molar-refractivity contribution in [2.75, 3.05) is 13.2 Å². The van der Waals surface area contributed by atoms with Gasteiger partial charge in [0.2, 0.25) is 0 Å². The Kier molecular flexibility index (Phi) is 3.96. The number of hydrogen-bond donors (Lipinski definition) is 1. The lowest BCUT2D eigenvalue weighted by molar-refractivity contribution is 0.0149. The molecule has 1 saturated heterocycles. The monoisotopic (exact) mass is 245 g/mol. The zero-order valence-electron chi connectivity index (χ0n) is 11.0. The van der Waals surface area contributed by atoms with Gasteiger partial charge in [-0.2, -0.15) is 0 Å². The Balaban J connectivity index is 1.57. The normalized spacial score (nSPS) is 25.9. The Morgan fingerprint density at radius 2 is 1.94 bits per heavy atom. The highest BCUT2D eigenvalue weighted by Gasteiger charge is 2.32. The minimum absolute atomic E-state index is 0.434. The third kappa shape index (κ3) is 3.12. The molecule has 2 nitrogen and oxygen atoms in total. The van der Waals surface area contributed by atoms with Crippen LogP contribution in [0.3, 0.4) is 0 Å². The number of nitrogens with one attached hydrogen (secondary N) is 1. The fourth-order valence-corrected chi connectivity index (χ4v) is 2.87. The molecule has 2 fully saturated rings. The minimum atomic E-state index is 0.434. The van der Waals surface area contributed by atoms with E-state index in [1.807, 2.05) is 0 Å². The van der Waals surface area contributed by atoms with E-state index in [2.05, 4.69) is 35.6 Å². The van der Waals surface area contributed by atoms with Crippen LogP contribution in [-0.4, -0.2) is 19.3 Å². The molecular formula is C16H23NO. The fraction of sp³-hybridized carbons (Fsp3) is 0.625. The molecular weight excluding hydrogens is 222 g/mol. The summed E-state index contributed by atoms with van der Waals surface area (Å²) < 4.78 is 5.80. The standard InChI is InChI=1S/C16H23NO/c1-2-6-13(7-3-1)16(14-9-10-14)17-12-15-8-4-5-11-18-15/h1-3,6-7,14-17H,4-5,8-12H2/t15-,16-/m1/s1. The van der Waals surface area contributed by atoms with Gasteiger partial charge in [-0.3, -0.25) is 0 Å². The lowest BCUT2D eigenvalue weighted by Crippen LogP contribution is -2.34. The predicted molar refractivity (Wildman–Crippen MR) is 73.5 cm³/mol. The van der Waals surface area contributed by atoms with E-state index < -0.39 is 0 Å². The molecule has 0 amide bonds. The molecule has 0 radical (unpaired) electrons. The molecule has 1 saturated carbocycles. The zero-order chi connectivity index (χ0) is 12.2. The Hall–Kier alpha value is -0.860. The summed E-state index contributed by atoms with van der Waals surface area (Å²) in [5.41, 5.74) is 1.44. The molecule has 3 rings (SSSR count). The quantitative estimate of drug-likeness (QED) is 0.859. The van der Waals surface area contributed by atoms with Crippen molar-refractivity contribution in [3.05, 3.63) is 35.9 Å². The van der Waals surface area contributed by atoms with Crippen molar-refractivity contribution in [2.24, 2.45) is 5.92 Å². The Morgan fingerprint density at radius 1 is 1.11 bits per heavy atom. The molecule has 2 atom stereocenters. The lowest BCUT2D eigenvalue weighted by atomic mass is 10.0. The first-order valence-corrected chi connectivity index (χ1v) is 7.33. The maximum atomic E-state index is 5.80. The Labute approximate surface area is 110 Å². The van der Waals surface area contributed by atoms with Gasteiger partial charge in [-0.25, -0.2) is 0 Å². The average molecular weight is 245 g/mol. The fourth-order valence-electron chi connectivity index (χ4n) is 2.87. The Bertz CT molecular complexity index is 355. The van der Waals surface area contributed by atoms with E-state index in [0.717, 1.165) is 19.1 Å². The van der Waals surface area contributed by atoms with Crippen molar-refractivity contribution in [3.8, 4) is 0 Å². The van der Waals surface area contributed by atoms with E-state index in [4.69, 9.17) is 4.74 Å². The third-order valence-electron chi connectivity index (χ3n) is 4.09. The maximum Gasteiger partial charge on any atom is 0.0699 e. The van der Waals surface area contributed by atoms with Gasteiger partial charge in [-0.15, -0.1) is 0 Å². The molecule has 2 aliphatic rings. The van der Waals surface area contributed by atoms with Gasteiger partial charge in [0.05, 0.1) is 6.10 Å². The molecule has 1 heterocycles. The molecule has 1 aromatic rings. The number of rotatable bonds is 5. The molecule has 2 heteroatoms. The molecule has 0 unspecified atom stereocenters. The molecule has 0 spiro atoms. The smallest absolute Gasteiger partial charge is 0.0699 e. The second kappa shape index (κ2) is 5.85. The second-order valence-electron chi connectivity index (χ2n) is 5.62. The van der Waals surface area contributed by atoms with Gasteiger partial charge in [0, 0.05) is 19.2 Å². The highest BCUT2D eigenvalue weighted by atomic mass is 16.5. The van der Waals surface area contributed by atoms with Gasteiger partial charge in [-0.05, 0) is 43.6 Å². The summed E-state index contributed by atoms with van der Waals surface area (Å²) >= 11 is 0. The summed E-state index contributed by atoms with van der Waals surface area (Å²) in [6.07, 6.45) is 6.96. The van der Waals surface area contributed by atoms with E-state index in [-0.39, 0.29) is 0 Å². The minimum Gasteiger partial charge on any atom is -0.377 e. The van der Waals surface area contributed by atoms with Crippen LogP contribution in [0.1, 0.15) is 43.7 Å². The van der Waals surface area contributed by atoms with E-state index in [1.165, 1.54) is 37.7 Å². The lowest BCUT2D eigenvalue weighted by Gasteiger charge is -2.26. The highest BCUT2D eigenvalue weighted by molar-refractivity contribution is 5.21. The first-order chi connectivity index (χ1) is 8.93. The largest absolute Gasteiger partial charge is 0.377 e. The highest BCUT2D eigenvalue weighted by Crippen LogP contribution is 2.40. The van der Waals surface area contributed by atoms with Crippen molar-refractivity contribution in [2.45, 2.75) is 44.2 Å². The van der Waals surface area contributed by atoms with Crippen molar-refractivity contribution in [1.82, 2.24) is 5.32 Å². The first kappa shape index (κ1) is 12.2. The third-order valence-corrected chi connectivity index (χ3v) is 4.09. The summed E-state index contributed by atoms with van der Waals surface area (Å²) in [6, 6.07) is 11.4. The average Bonchev–Trinajstić information content (AvgIpc) is 3.26. The molecule has 18 heavy (non-hydrogen) atoms. The van der Waals surface area contributed by atoms with Crippen LogP contribution >= 0.6 is 0 Å². The van der Waals surface area contributed by atoms with Crippen LogP contribution in [0, 0.1) is 5.92 Å². The molecule has 98 valence electrons. The SMILES string of the molecule is c1ccc([C@@H](NC[C@H]2CCCCO2)C2CC2)cc1. The van der Waals surface area contributed by atoms with Crippen LogP contribution in [0.15, 0.2) is 30.3 Å². The van der Waals surface area contributed by atoms with Crippen LogP contribution in [0.5, 0.6) is 0 Å². The topological polar surface area (TPSA) is 21.3 Å². The summed E-state index contributed by atoms with van der Waals surface area (Å²) in [4.78, 5) is 0. The molecule has 1 N–H and O–H groups in total. The van der Waals surface area contributed by atoms with Crippen molar-refractivity contribution < 1.29 is 4.74 Å². The summed E-state index contributed by atoms with van der Waals surface area (Å²) in [5.74, 6) is 0.844. The molecule has 1 aromatic carbocycles. The summed E-state index contributed by atoms with van der Waals surface area (Å²) in [5, 5.41) is 3.74. The maximum absolute atomic E-state index is 5.80.